The minimum Gasteiger partial charge on any atom is -0.481 e. The van der Waals surface area contributed by atoms with Gasteiger partial charge >= 0.3 is 5.97 Å². The summed E-state index contributed by atoms with van der Waals surface area (Å²) in [6, 6.07) is 0.539. The molecule has 0 amide bonds. The summed E-state index contributed by atoms with van der Waals surface area (Å²) in [5.41, 5.74) is -0.455. The summed E-state index contributed by atoms with van der Waals surface area (Å²) >= 11 is 0. The van der Waals surface area contributed by atoms with Crippen molar-refractivity contribution >= 4 is 5.97 Å². The van der Waals surface area contributed by atoms with Crippen molar-refractivity contribution in [1.82, 2.24) is 4.90 Å². The van der Waals surface area contributed by atoms with E-state index in [0.717, 1.165) is 38.8 Å². The first kappa shape index (κ1) is 13.9. The number of rotatable bonds is 3. The lowest BCUT2D eigenvalue weighted by atomic mass is 9.73. The topological polar surface area (TPSA) is 40.5 Å². The van der Waals surface area contributed by atoms with Gasteiger partial charge in [-0.3, -0.25) is 9.69 Å². The molecule has 1 aliphatic heterocycles. The van der Waals surface area contributed by atoms with Crippen LogP contribution in [-0.2, 0) is 4.79 Å². The molecule has 2 fully saturated rings. The van der Waals surface area contributed by atoms with Crippen molar-refractivity contribution in [2.45, 2.75) is 64.8 Å². The fraction of sp³-hybridized carbons (Fsp3) is 0.933. The SMILES string of the molecule is CC1CCCN(CC2(C(=O)O)CCCCC2)C1C. The molecule has 1 aliphatic carbocycles. The number of piperidine rings is 1. The van der Waals surface area contributed by atoms with E-state index in [9.17, 15) is 9.90 Å². The smallest absolute Gasteiger partial charge is 0.310 e. The first-order chi connectivity index (χ1) is 8.55. The minimum atomic E-state index is -0.562. The second-order valence-corrected chi connectivity index (χ2v) is 6.48. The Morgan fingerprint density at radius 1 is 1.22 bits per heavy atom. The quantitative estimate of drug-likeness (QED) is 0.840. The van der Waals surface area contributed by atoms with Crippen LogP contribution < -0.4 is 0 Å². The maximum absolute atomic E-state index is 11.7. The highest BCUT2D eigenvalue weighted by molar-refractivity contribution is 5.75. The highest BCUT2D eigenvalue weighted by atomic mass is 16.4. The molecule has 0 aromatic rings. The standard InChI is InChI=1S/C15H27NO2/c1-12-7-6-10-16(13(12)2)11-15(14(17)18)8-4-3-5-9-15/h12-13H,3-11H2,1-2H3,(H,17,18). The molecule has 3 heteroatoms. The molecule has 2 rings (SSSR count). The van der Waals surface area contributed by atoms with Crippen molar-refractivity contribution in [3.8, 4) is 0 Å². The van der Waals surface area contributed by atoms with Crippen molar-refractivity contribution in [2.24, 2.45) is 11.3 Å². The summed E-state index contributed by atoms with van der Waals surface area (Å²) in [5.74, 6) is 0.140. The van der Waals surface area contributed by atoms with Gasteiger partial charge in [-0.15, -0.1) is 0 Å². The molecule has 1 saturated carbocycles. The van der Waals surface area contributed by atoms with Crippen molar-refractivity contribution in [1.29, 1.82) is 0 Å². The lowest BCUT2D eigenvalue weighted by molar-refractivity contribution is -0.153. The molecule has 18 heavy (non-hydrogen) atoms. The first-order valence-electron chi connectivity index (χ1n) is 7.53. The van der Waals surface area contributed by atoms with Crippen LogP contribution in [0.2, 0.25) is 0 Å². The zero-order chi connectivity index (χ0) is 13.2. The molecule has 1 heterocycles. The van der Waals surface area contributed by atoms with Crippen LogP contribution in [-0.4, -0.2) is 35.1 Å². The fourth-order valence-corrected chi connectivity index (χ4v) is 3.70. The maximum Gasteiger partial charge on any atom is 0.310 e. The molecule has 3 nitrogen and oxygen atoms in total. The van der Waals surface area contributed by atoms with E-state index in [0.29, 0.717) is 12.0 Å². The van der Waals surface area contributed by atoms with Crippen molar-refractivity contribution in [2.75, 3.05) is 13.1 Å². The van der Waals surface area contributed by atoms with Gasteiger partial charge in [-0.25, -0.2) is 0 Å². The summed E-state index contributed by atoms with van der Waals surface area (Å²) in [6.07, 6.45) is 7.65. The molecule has 0 bridgehead atoms. The van der Waals surface area contributed by atoms with Crippen LogP contribution in [0.4, 0.5) is 0 Å². The van der Waals surface area contributed by atoms with Gasteiger partial charge in [-0.2, -0.15) is 0 Å². The highest BCUT2D eigenvalue weighted by Crippen LogP contribution is 2.39. The van der Waals surface area contributed by atoms with Gasteiger partial charge in [0, 0.05) is 12.6 Å². The van der Waals surface area contributed by atoms with Gasteiger partial charge in [0.25, 0.3) is 0 Å². The van der Waals surface area contributed by atoms with Crippen LogP contribution in [0.15, 0.2) is 0 Å². The highest BCUT2D eigenvalue weighted by Gasteiger charge is 2.42. The predicted molar refractivity (Wildman–Crippen MR) is 72.6 cm³/mol. The lowest BCUT2D eigenvalue weighted by Crippen LogP contribution is -2.51. The van der Waals surface area contributed by atoms with E-state index >= 15 is 0 Å². The summed E-state index contributed by atoms with van der Waals surface area (Å²) in [6.45, 7) is 6.42. The zero-order valence-corrected chi connectivity index (χ0v) is 11.8. The van der Waals surface area contributed by atoms with Gasteiger partial charge in [-0.1, -0.05) is 26.2 Å². The fourth-order valence-electron chi connectivity index (χ4n) is 3.70. The van der Waals surface area contributed by atoms with Crippen LogP contribution >= 0.6 is 0 Å². The molecule has 104 valence electrons. The number of aliphatic carboxylic acids is 1. The molecule has 2 unspecified atom stereocenters. The van der Waals surface area contributed by atoms with E-state index in [4.69, 9.17) is 0 Å². The third kappa shape index (κ3) is 2.71. The van der Waals surface area contributed by atoms with Gasteiger partial charge < -0.3 is 5.11 Å². The van der Waals surface area contributed by atoms with E-state index in [1.54, 1.807) is 0 Å². The lowest BCUT2D eigenvalue weighted by Gasteiger charge is -2.44. The third-order valence-electron chi connectivity index (χ3n) is 5.27. The van der Waals surface area contributed by atoms with Gasteiger partial charge in [0.2, 0.25) is 0 Å². The van der Waals surface area contributed by atoms with Gasteiger partial charge in [0.05, 0.1) is 5.41 Å². The second kappa shape index (κ2) is 5.60. The molecular formula is C15H27NO2. The molecular weight excluding hydrogens is 226 g/mol. The van der Waals surface area contributed by atoms with Crippen molar-refractivity contribution < 1.29 is 9.90 Å². The van der Waals surface area contributed by atoms with E-state index in [1.165, 1.54) is 19.3 Å². The summed E-state index contributed by atoms with van der Waals surface area (Å²) in [5, 5.41) is 9.64. The number of carbonyl (C=O) groups is 1. The molecule has 0 radical (unpaired) electrons. The normalized spacial score (nSPS) is 33.2. The molecule has 1 N–H and O–H groups in total. The molecule has 2 aliphatic rings. The number of carboxylic acids is 1. The first-order valence-corrected chi connectivity index (χ1v) is 7.53. The molecule has 0 aromatic heterocycles. The van der Waals surface area contributed by atoms with Crippen LogP contribution in [0.5, 0.6) is 0 Å². The number of carboxylic acid groups (broad SMARTS) is 1. The minimum absolute atomic E-state index is 0.455. The number of nitrogens with zero attached hydrogens (tertiary/aromatic N) is 1. The maximum atomic E-state index is 11.7. The Labute approximate surface area is 111 Å². The second-order valence-electron chi connectivity index (χ2n) is 6.48. The van der Waals surface area contributed by atoms with Crippen LogP contribution in [0.1, 0.15) is 58.8 Å². The molecule has 2 atom stereocenters. The van der Waals surface area contributed by atoms with Crippen LogP contribution in [0, 0.1) is 11.3 Å². The van der Waals surface area contributed by atoms with Gasteiger partial charge in [0.1, 0.15) is 0 Å². The van der Waals surface area contributed by atoms with E-state index in [2.05, 4.69) is 18.7 Å². The summed E-state index contributed by atoms with van der Waals surface area (Å²) in [7, 11) is 0. The van der Waals surface area contributed by atoms with Crippen molar-refractivity contribution in [3.05, 3.63) is 0 Å². The van der Waals surface area contributed by atoms with E-state index in [1.807, 2.05) is 0 Å². The average Bonchev–Trinajstić information content (AvgIpc) is 2.36. The zero-order valence-electron chi connectivity index (χ0n) is 11.8. The Hall–Kier alpha value is -0.570. The van der Waals surface area contributed by atoms with Gasteiger partial charge in [0.15, 0.2) is 0 Å². The Kier molecular flexibility index (Phi) is 4.31. The van der Waals surface area contributed by atoms with Crippen molar-refractivity contribution in [3.63, 3.8) is 0 Å². The van der Waals surface area contributed by atoms with Crippen LogP contribution in [0.25, 0.3) is 0 Å². The van der Waals surface area contributed by atoms with Gasteiger partial charge in [-0.05, 0) is 45.1 Å². The Morgan fingerprint density at radius 3 is 2.50 bits per heavy atom. The molecule has 0 aromatic carbocycles. The Bertz CT molecular complexity index is 297. The Morgan fingerprint density at radius 2 is 1.89 bits per heavy atom. The Balaban J connectivity index is 2.06. The largest absolute Gasteiger partial charge is 0.481 e. The van der Waals surface area contributed by atoms with Crippen LogP contribution in [0.3, 0.4) is 0 Å². The molecule has 0 spiro atoms. The number of hydrogen-bond acceptors (Lipinski definition) is 2. The third-order valence-corrected chi connectivity index (χ3v) is 5.27. The molecule has 1 saturated heterocycles. The average molecular weight is 253 g/mol. The summed E-state index contributed by atoms with van der Waals surface area (Å²) < 4.78 is 0. The summed E-state index contributed by atoms with van der Waals surface area (Å²) in [4.78, 5) is 14.1. The van der Waals surface area contributed by atoms with E-state index < -0.39 is 11.4 Å². The number of hydrogen-bond donors (Lipinski definition) is 1. The number of likely N-dealkylation sites (tertiary alicyclic amines) is 1. The predicted octanol–water partition coefficient (Wildman–Crippen LogP) is 3.14. The monoisotopic (exact) mass is 253 g/mol. The van der Waals surface area contributed by atoms with E-state index in [-0.39, 0.29) is 0 Å².